The van der Waals surface area contributed by atoms with Gasteiger partial charge in [0.2, 0.25) is 0 Å². The number of nitrogens with one attached hydrogen (secondary N) is 1. The molecule has 7 heteroatoms. The number of halogens is 3. The van der Waals surface area contributed by atoms with Crippen LogP contribution in [0.2, 0.25) is 0 Å². The lowest BCUT2D eigenvalue weighted by atomic mass is 10.3. The van der Waals surface area contributed by atoms with Gasteiger partial charge >= 0.3 is 0 Å². The van der Waals surface area contributed by atoms with Gasteiger partial charge < -0.3 is 11.1 Å². The molecule has 0 aromatic carbocycles. The van der Waals surface area contributed by atoms with E-state index in [-0.39, 0.29) is 0 Å². The molecule has 3 N–H and O–H groups in total. The zero-order chi connectivity index (χ0) is 10.6. The molecule has 1 heterocycles. The van der Waals surface area contributed by atoms with E-state index in [1.807, 2.05) is 0 Å². The molecule has 0 saturated heterocycles. The van der Waals surface area contributed by atoms with E-state index in [4.69, 9.17) is 5.73 Å². The molecule has 1 aromatic heterocycles. The standard InChI is InChI=1S/C7H9BrF2N4/c8-5-1-12-4-14-6(5)13-3-7(9,10)2-11/h1,4H,2-3,11H2,(H,12,13,14). The highest BCUT2D eigenvalue weighted by molar-refractivity contribution is 9.10. The average Bonchev–Trinajstić information content (AvgIpc) is 2.17. The van der Waals surface area contributed by atoms with Crippen LogP contribution in [0.4, 0.5) is 14.6 Å². The Kier molecular flexibility index (Phi) is 3.70. The molecule has 14 heavy (non-hydrogen) atoms. The van der Waals surface area contributed by atoms with Crippen LogP contribution in [0.1, 0.15) is 0 Å². The summed E-state index contributed by atoms with van der Waals surface area (Å²) in [7, 11) is 0. The van der Waals surface area contributed by atoms with E-state index in [0.717, 1.165) is 0 Å². The number of nitrogens with two attached hydrogens (primary N) is 1. The predicted molar refractivity (Wildman–Crippen MR) is 52.2 cm³/mol. The molecule has 0 amide bonds. The van der Waals surface area contributed by atoms with Gasteiger partial charge in [0.1, 0.15) is 12.1 Å². The maximum atomic E-state index is 12.7. The highest BCUT2D eigenvalue weighted by Gasteiger charge is 2.26. The molecule has 0 fully saturated rings. The zero-order valence-corrected chi connectivity index (χ0v) is 8.76. The molecule has 0 aliphatic heterocycles. The molecule has 1 aromatic rings. The fourth-order valence-corrected chi connectivity index (χ4v) is 1.09. The molecule has 0 aliphatic carbocycles. The van der Waals surface area contributed by atoms with Gasteiger partial charge in [0.15, 0.2) is 0 Å². The maximum Gasteiger partial charge on any atom is 0.276 e. The molecule has 0 spiro atoms. The van der Waals surface area contributed by atoms with Crippen LogP contribution in [0.25, 0.3) is 0 Å². The van der Waals surface area contributed by atoms with E-state index in [0.29, 0.717) is 10.3 Å². The molecular weight excluding hydrogens is 258 g/mol. The lowest BCUT2D eigenvalue weighted by Gasteiger charge is -2.15. The molecule has 0 aliphatic rings. The van der Waals surface area contributed by atoms with Gasteiger partial charge in [0, 0.05) is 6.20 Å². The highest BCUT2D eigenvalue weighted by atomic mass is 79.9. The predicted octanol–water partition coefficient (Wildman–Crippen LogP) is 1.24. The monoisotopic (exact) mass is 266 g/mol. The first-order valence-electron chi connectivity index (χ1n) is 3.82. The fraction of sp³-hybridized carbons (Fsp3) is 0.429. The Morgan fingerprint density at radius 3 is 2.86 bits per heavy atom. The largest absolute Gasteiger partial charge is 0.363 e. The summed E-state index contributed by atoms with van der Waals surface area (Å²) < 4.78 is 26.0. The van der Waals surface area contributed by atoms with Gasteiger partial charge in [-0.15, -0.1) is 0 Å². The van der Waals surface area contributed by atoms with Crippen molar-refractivity contribution in [2.45, 2.75) is 5.92 Å². The summed E-state index contributed by atoms with van der Waals surface area (Å²) in [6.07, 6.45) is 2.74. The SMILES string of the molecule is NCC(F)(F)CNc1ncncc1Br. The Balaban J connectivity index is 2.58. The second-order valence-corrected chi connectivity index (χ2v) is 3.49. The number of aromatic nitrogens is 2. The number of hydrogen-bond acceptors (Lipinski definition) is 4. The summed E-state index contributed by atoms with van der Waals surface area (Å²) in [5.41, 5.74) is 4.87. The molecule has 0 saturated carbocycles. The highest BCUT2D eigenvalue weighted by Crippen LogP contribution is 2.19. The lowest BCUT2D eigenvalue weighted by Crippen LogP contribution is -2.35. The second kappa shape index (κ2) is 4.61. The van der Waals surface area contributed by atoms with Crippen molar-refractivity contribution in [1.82, 2.24) is 9.97 Å². The van der Waals surface area contributed by atoms with Crippen molar-refractivity contribution in [3.63, 3.8) is 0 Å². The van der Waals surface area contributed by atoms with Crippen molar-refractivity contribution in [2.24, 2.45) is 5.73 Å². The quantitative estimate of drug-likeness (QED) is 0.861. The topological polar surface area (TPSA) is 63.8 Å². The normalized spacial score (nSPS) is 11.4. The number of anilines is 1. The molecule has 78 valence electrons. The number of alkyl halides is 2. The van der Waals surface area contributed by atoms with Gasteiger partial charge in [-0.25, -0.2) is 18.7 Å². The Labute approximate surface area is 88.1 Å². The Hall–Kier alpha value is -0.820. The summed E-state index contributed by atoms with van der Waals surface area (Å²) in [5, 5.41) is 2.48. The van der Waals surface area contributed by atoms with E-state index in [1.165, 1.54) is 12.5 Å². The van der Waals surface area contributed by atoms with Crippen LogP contribution < -0.4 is 11.1 Å². The average molecular weight is 267 g/mol. The van der Waals surface area contributed by atoms with Crippen LogP contribution in [0.3, 0.4) is 0 Å². The van der Waals surface area contributed by atoms with Crippen molar-refractivity contribution in [3.05, 3.63) is 17.0 Å². The van der Waals surface area contributed by atoms with Gasteiger partial charge in [-0.2, -0.15) is 0 Å². The minimum absolute atomic E-state index is 0.327. The van der Waals surface area contributed by atoms with E-state index in [9.17, 15) is 8.78 Å². The Bertz CT molecular complexity index is 307. The third kappa shape index (κ3) is 3.15. The van der Waals surface area contributed by atoms with Crippen LogP contribution >= 0.6 is 15.9 Å². The molecule has 0 unspecified atom stereocenters. The van der Waals surface area contributed by atoms with Crippen LogP contribution in [0, 0.1) is 0 Å². The van der Waals surface area contributed by atoms with Crippen molar-refractivity contribution in [2.75, 3.05) is 18.4 Å². The fourth-order valence-electron chi connectivity index (χ4n) is 0.728. The molecule has 4 nitrogen and oxygen atoms in total. The number of nitrogens with zero attached hydrogens (tertiary/aromatic N) is 2. The first-order chi connectivity index (χ1) is 6.55. The van der Waals surface area contributed by atoms with Crippen LogP contribution in [-0.2, 0) is 0 Å². The van der Waals surface area contributed by atoms with Gasteiger partial charge in [0.25, 0.3) is 5.92 Å². The minimum atomic E-state index is -2.93. The zero-order valence-electron chi connectivity index (χ0n) is 7.17. The second-order valence-electron chi connectivity index (χ2n) is 2.63. The summed E-state index contributed by atoms with van der Waals surface area (Å²) in [6.45, 7) is -1.23. The maximum absolute atomic E-state index is 12.7. The number of hydrogen-bond donors (Lipinski definition) is 2. The van der Waals surface area contributed by atoms with Gasteiger partial charge in [-0.3, -0.25) is 0 Å². The molecular formula is C7H9BrF2N4. The third-order valence-corrected chi connectivity index (χ3v) is 2.06. The third-order valence-electron chi connectivity index (χ3n) is 1.48. The van der Waals surface area contributed by atoms with E-state index in [1.54, 1.807) is 0 Å². The Morgan fingerprint density at radius 1 is 1.57 bits per heavy atom. The summed E-state index contributed by atoms with van der Waals surface area (Å²) in [4.78, 5) is 7.47. The van der Waals surface area contributed by atoms with Gasteiger partial charge in [-0.05, 0) is 15.9 Å². The van der Waals surface area contributed by atoms with E-state index >= 15 is 0 Å². The van der Waals surface area contributed by atoms with E-state index in [2.05, 4.69) is 31.2 Å². The van der Waals surface area contributed by atoms with Crippen LogP contribution in [0.15, 0.2) is 17.0 Å². The summed E-state index contributed by atoms with van der Waals surface area (Å²) >= 11 is 3.12. The molecule has 0 atom stereocenters. The lowest BCUT2D eigenvalue weighted by molar-refractivity contribution is 0.0253. The van der Waals surface area contributed by atoms with Crippen LogP contribution in [0.5, 0.6) is 0 Å². The molecule has 0 bridgehead atoms. The van der Waals surface area contributed by atoms with Crippen molar-refractivity contribution in [1.29, 1.82) is 0 Å². The van der Waals surface area contributed by atoms with Crippen molar-refractivity contribution >= 4 is 21.7 Å². The first kappa shape index (κ1) is 11.3. The van der Waals surface area contributed by atoms with Crippen molar-refractivity contribution in [3.8, 4) is 0 Å². The molecule has 0 radical (unpaired) electrons. The molecule has 1 rings (SSSR count). The minimum Gasteiger partial charge on any atom is -0.363 e. The van der Waals surface area contributed by atoms with Gasteiger partial charge in [0.05, 0.1) is 17.6 Å². The van der Waals surface area contributed by atoms with Crippen molar-refractivity contribution < 1.29 is 8.78 Å². The number of rotatable bonds is 4. The first-order valence-corrected chi connectivity index (χ1v) is 4.62. The summed E-state index contributed by atoms with van der Waals surface area (Å²) in [5.74, 6) is -2.60. The van der Waals surface area contributed by atoms with Crippen LogP contribution in [-0.4, -0.2) is 29.0 Å². The van der Waals surface area contributed by atoms with Gasteiger partial charge in [-0.1, -0.05) is 0 Å². The smallest absolute Gasteiger partial charge is 0.276 e. The Morgan fingerprint density at radius 2 is 2.29 bits per heavy atom. The summed E-state index contributed by atoms with van der Waals surface area (Å²) in [6, 6.07) is 0. The van der Waals surface area contributed by atoms with E-state index < -0.39 is 19.0 Å².